The van der Waals surface area contributed by atoms with Crippen LogP contribution < -0.4 is 4.90 Å². The Morgan fingerprint density at radius 1 is 1.11 bits per heavy atom. The van der Waals surface area contributed by atoms with Crippen LogP contribution in [0.25, 0.3) is 11.0 Å². The largest absolute Gasteiger partial charge is 0.356 e. The van der Waals surface area contributed by atoms with Gasteiger partial charge >= 0.3 is 0 Å². The summed E-state index contributed by atoms with van der Waals surface area (Å²) in [5.74, 6) is 3.65. The van der Waals surface area contributed by atoms with Crippen molar-refractivity contribution in [1.29, 1.82) is 4.78 Å². The number of rotatable bonds is 6. The van der Waals surface area contributed by atoms with E-state index in [9.17, 15) is 0 Å². The second-order valence-corrected chi connectivity index (χ2v) is 9.12. The first kappa shape index (κ1) is 18.2. The molecule has 1 saturated carbocycles. The Bertz CT molecular complexity index is 899. The van der Waals surface area contributed by atoms with Gasteiger partial charge < -0.3 is 9.88 Å². The van der Waals surface area contributed by atoms with Gasteiger partial charge in [-0.3, -0.25) is 4.78 Å². The highest BCUT2D eigenvalue weighted by Crippen LogP contribution is 2.32. The summed E-state index contributed by atoms with van der Waals surface area (Å²) in [6.45, 7) is 0. The number of aromatic nitrogens is 3. The van der Waals surface area contributed by atoms with Crippen LogP contribution >= 0.6 is 0 Å². The Labute approximate surface area is 163 Å². The van der Waals surface area contributed by atoms with Crippen LogP contribution in [0.3, 0.4) is 0 Å². The topological polar surface area (TPSA) is 68.7 Å². The molecule has 2 heterocycles. The average Bonchev–Trinajstić information content (AvgIpc) is 3.17. The number of fused-ring (bicyclic) bond motifs is 1. The smallest absolute Gasteiger partial charge is 0.142 e. The molecule has 142 valence electrons. The number of benzene rings is 1. The highest BCUT2D eigenvalue weighted by Gasteiger charge is 2.26. The lowest BCUT2D eigenvalue weighted by Gasteiger charge is -2.35. The summed E-state index contributed by atoms with van der Waals surface area (Å²) in [4.78, 5) is 14.3. The van der Waals surface area contributed by atoms with Gasteiger partial charge in [0.1, 0.15) is 17.8 Å². The van der Waals surface area contributed by atoms with Crippen molar-refractivity contribution >= 4 is 27.5 Å². The van der Waals surface area contributed by atoms with Gasteiger partial charge in [-0.25, -0.2) is 9.97 Å². The van der Waals surface area contributed by atoms with Crippen LogP contribution in [-0.2, 0) is 16.4 Å². The van der Waals surface area contributed by atoms with Crippen molar-refractivity contribution in [3.05, 3.63) is 54.5 Å². The summed E-state index contributed by atoms with van der Waals surface area (Å²) in [7, 11) is 1.88. The second-order valence-electron chi connectivity index (χ2n) is 7.51. The van der Waals surface area contributed by atoms with Gasteiger partial charge in [0.15, 0.2) is 0 Å². The number of anilines is 1. The fourth-order valence-electron chi connectivity index (χ4n) is 4.13. The van der Waals surface area contributed by atoms with Gasteiger partial charge in [-0.2, -0.15) is 0 Å². The Kier molecular flexibility index (Phi) is 5.53. The molecule has 1 fully saturated rings. The summed E-state index contributed by atoms with van der Waals surface area (Å²) >= 11 is 0. The average molecular weight is 382 g/mol. The van der Waals surface area contributed by atoms with E-state index in [1.807, 2.05) is 12.3 Å². The molecular weight excluding hydrogens is 354 g/mol. The maximum absolute atomic E-state index is 8.48. The highest BCUT2D eigenvalue weighted by molar-refractivity contribution is 7.85. The highest BCUT2D eigenvalue weighted by atomic mass is 32.2. The first-order chi connectivity index (χ1) is 13.2. The molecule has 0 amide bonds. The minimum atomic E-state index is -0.278. The molecule has 1 aliphatic rings. The van der Waals surface area contributed by atoms with Gasteiger partial charge in [-0.05, 0) is 43.2 Å². The SMILES string of the molecule is CN(c1ncnc2[nH]ccc12)C1CCC(CS(=N)Cc2ccccc2)CC1. The minimum absolute atomic E-state index is 0.278. The van der Waals surface area contributed by atoms with E-state index in [0.29, 0.717) is 12.0 Å². The molecule has 0 aliphatic heterocycles. The molecule has 1 aromatic carbocycles. The fraction of sp³-hybridized carbons (Fsp3) is 0.429. The zero-order valence-corrected chi connectivity index (χ0v) is 16.6. The van der Waals surface area contributed by atoms with Crippen molar-refractivity contribution in [1.82, 2.24) is 15.0 Å². The van der Waals surface area contributed by atoms with Crippen LogP contribution in [0.1, 0.15) is 31.2 Å². The molecule has 2 aromatic heterocycles. The number of hydrogen-bond acceptors (Lipinski definition) is 4. The summed E-state index contributed by atoms with van der Waals surface area (Å²) < 4.78 is 8.48. The molecule has 2 N–H and O–H groups in total. The standard InChI is InChI=1S/C21H27N5S/c1-26(21-19-11-12-23-20(19)24-15-25-21)18-9-7-17(8-10-18)14-27(22)13-16-5-3-2-4-6-16/h2-6,11-12,15,17-18,22H,7-10,13-14H2,1H3,(H,23,24,25). The third-order valence-corrected chi connectivity index (χ3v) is 7.21. The van der Waals surface area contributed by atoms with Crippen LogP contribution in [0.15, 0.2) is 48.9 Å². The van der Waals surface area contributed by atoms with Crippen LogP contribution in [0, 0.1) is 10.7 Å². The zero-order valence-electron chi connectivity index (χ0n) is 15.8. The second kappa shape index (κ2) is 8.21. The first-order valence-corrected chi connectivity index (χ1v) is 11.2. The quantitative estimate of drug-likeness (QED) is 0.659. The fourth-order valence-corrected chi connectivity index (χ4v) is 5.75. The summed E-state index contributed by atoms with van der Waals surface area (Å²) in [6, 6.07) is 13.1. The van der Waals surface area contributed by atoms with Crippen molar-refractivity contribution in [3.63, 3.8) is 0 Å². The van der Waals surface area contributed by atoms with Gasteiger partial charge in [-0.1, -0.05) is 41.0 Å². The molecule has 6 heteroatoms. The maximum Gasteiger partial charge on any atom is 0.142 e. The van der Waals surface area contributed by atoms with Crippen LogP contribution in [0.5, 0.6) is 0 Å². The Hall–Kier alpha value is -2.21. The van der Waals surface area contributed by atoms with E-state index >= 15 is 0 Å². The van der Waals surface area contributed by atoms with Gasteiger partial charge in [0.25, 0.3) is 0 Å². The number of H-pyrrole nitrogens is 1. The van der Waals surface area contributed by atoms with Gasteiger partial charge in [0.2, 0.25) is 0 Å². The monoisotopic (exact) mass is 381 g/mol. The van der Waals surface area contributed by atoms with Crippen molar-refractivity contribution in [3.8, 4) is 0 Å². The molecule has 1 aliphatic carbocycles. The Morgan fingerprint density at radius 3 is 2.67 bits per heavy atom. The molecule has 0 spiro atoms. The van der Waals surface area contributed by atoms with Crippen molar-refractivity contribution in [2.45, 2.75) is 37.5 Å². The van der Waals surface area contributed by atoms with Crippen LogP contribution in [0.4, 0.5) is 5.82 Å². The van der Waals surface area contributed by atoms with Crippen LogP contribution in [0.2, 0.25) is 0 Å². The summed E-state index contributed by atoms with van der Waals surface area (Å²) in [5.41, 5.74) is 2.20. The van der Waals surface area contributed by atoms with E-state index in [1.165, 1.54) is 31.2 Å². The van der Waals surface area contributed by atoms with E-state index < -0.39 is 0 Å². The lowest BCUT2D eigenvalue weighted by Crippen LogP contribution is -2.36. The van der Waals surface area contributed by atoms with Crippen molar-refractivity contribution in [2.24, 2.45) is 5.92 Å². The molecule has 4 rings (SSSR count). The van der Waals surface area contributed by atoms with Crippen molar-refractivity contribution in [2.75, 3.05) is 17.7 Å². The third kappa shape index (κ3) is 4.21. The predicted octanol–water partition coefficient (Wildman–Crippen LogP) is 4.53. The Morgan fingerprint density at radius 2 is 1.89 bits per heavy atom. The van der Waals surface area contributed by atoms with Gasteiger partial charge in [-0.15, -0.1) is 0 Å². The lowest BCUT2D eigenvalue weighted by atomic mass is 9.86. The first-order valence-electron chi connectivity index (χ1n) is 9.64. The molecule has 0 bridgehead atoms. The molecule has 5 nitrogen and oxygen atoms in total. The molecule has 1 atom stereocenters. The molecule has 27 heavy (non-hydrogen) atoms. The molecule has 0 saturated heterocycles. The maximum atomic E-state index is 8.48. The molecular formula is C21H27N5S. The van der Waals surface area contributed by atoms with E-state index in [-0.39, 0.29) is 10.7 Å². The molecule has 0 radical (unpaired) electrons. The number of nitrogens with zero attached hydrogens (tertiary/aromatic N) is 3. The van der Waals surface area contributed by atoms with Gasteiger partial charge in [0.05, 0.1) is 5.39 Å². The van der Waals surface area contributed by atoms with E-state index in [2.05, 4.69) is 57.2 Å². The lowest BCUT2D eigenvalue weighted by molar-refractivity contribution is 0.344. The van der Waals surface area contributed by atoms with E-state index in [4.69, 9.17) is 4.78 Å². The molecule has 3 aromatic rings. The molecule has 1 unspecified atom stereocenters. The summed E-state index contributed by atoms with van der Waals surface area (Å²) in [6.07, 6.45) is 8.36. The zero-order chi connectivity index (χ0) is 18.6. The number of nitrogens with one attached hydrogen (secondary N) is 2. The number of aromatic amines is 1. The predicted molar refractivity (Wildman–Crippen MR) is 113 cm³/mol. The third-order valence-electron chi connectivity index (χ3n) is 5.65. The Balaban J connectivity index is 1.32. The number of hydrogen-bond donors (Lipinski definition) is 2. The van der Waals surface area contributed by atoms with Gasteiger partial charge in [0, 0.05) is 30.8 Å². The minimum Gasteiger partial charge on any atom is -0.356 e. The van der Waals surface area contributed by atoms with E-state index in [1.54, 1.807) is 6.33 Å². The normalized spacial score (nSPS) is 21.2. The van der Waals surface area contributed by atoms with E-state index in [0.717, 1.165) is 28.4 Å². The van der Waals surface area contributed by atoms with Crippen LogP contribution in [-0.4, -0.2) is 33.8 Å². The van der Waals surface area contributed by atoms with Crippen molar-refractivity contribution < 1.29 is 0 Å². The summed E-state index contributed by atoms with van der Waals surface area (Å²) in [5, 5.41) is 1.10.